The molecule has 0 spiro atoms. The highest BCUT2D eigenvalue weighted by Gasteiger charge is 2.18. The fraction of sp³-hybridized carbons (Fsp3) is 0.167. The van der Waals surface area contributed by atoms with Crippen LogP contribution in [-0.2, 0) is 6.54 Å². The Morgan fingerprint density at radius 1 is 1.23 bits per heavy atom. The first-order valence-electron chi connectivity index (χ1n) is 7.81. The number of halogens is 3. The van der Waals surface area contributed by atoms with Crippen LogP contribution in [0.15, 0.2) is 52.7 Å². The lowest BCUT2D eigenvalue weighted by Gasteiger charge is -2.05. The molecule has 8 heteroatoms. The summed E-state index contributed by atoms with van der Waals surface area (Å²) in [4.78, 5) is 16.8. The standard InChI is InChI=1S/C18H15Cl2FN4O/c1-11(16(19)20)9-23-18(26)15-13-6-4-8-22-17(13)25(24-15)10-12-5-2-3-7-14(12)21/h2-8H,9-10H2,1H3,(H,23,26). The topological polar surface area (TPSA) is 59.8 Å². The molecule has 0 radical (unpaired) electrons. The van der Waals surface area contributed by atoms with Gasteiger partial charge in [-0.3, -0.25) is 4.79 Å². The molecule has 26 heavy (non-hydrogen) atoms. The van der Waals surface area contributed by atoms with E-state index in [0.29, 0.717) is 22.2 Å². The summed E-state index contributed by atoms with van der Waals surface area (Å²) < 4.78 is 15.6. The smallest absolute Gasteiger partial charge is 0.272 e. The Balaban J connectivity index is 1.94. The van der Waals surface area contributed by atoms with Crippen LogP contribution in [-0.4, -0.2) is 27.2 Å². The maximum Gasteiger partial charge on any atom is 0.272 e. The van der Waals surface area contributed by atoms with Crippen molar-refractivity contribution in [3.05, 3.63) is 69.7 Å². The predicted molar refractivity (Wildman–Crippen MR) is 99.8 cm³/mol. The van der Waals surface area contributed by atoms with E-state index in [2.05, 4.69) is 15.4 Å². The molecule has 2 heterocycles. The van der Waals surface area contributed by atoms with E-state index in [1.165, 1.54) is 10.7 Å². The van der Waals surface area contributed by atoms with E-state index in [9.17, 15) is 9.18 Å². The first kappa shape index (κ1) is 18.4. The van der Waals surface area contributed by atoms with Gasteiger partial charge in [0.2, 0.25) is 0 Å². The van der Waals surface area contributed by atoms with E-state index in [1.807, 2.05) is 0 Å². The zero-order chi connectivity index (χ0) is 18.7. The quantitative estimate of drug-likeness (QED) is 0.711. The van der Waals surface area contributed by atoms with Crippen LogP contribution in [0, 0.1) is 5.82 Å². The molecule has 0 fully saturated rings. The second-order valence-electron chi connectivity index (χ2n) is 5.70. The summed E-state index contributed by atoms with van der Waals surface area (Å²) in [5.74, 6) is -0.722. The van der Waals surface area contributed by atoms with Crippen LogP contribution in [0.2, 0.25) is 0 Å². The Morgan fingerprint density at radius 3 is 2.73 bits per heavy atom. The Kier molecular flexibility index (Phi) is 5.54. The third-order valence-corrected chi connectivity index (χ3v) is 4.48. The monoisotopic (exact) mass is 392 g/mol. The molecule has 2 aromatic heterocycles. The first-order valence-corrected chi connectivity index (χ1v) is 8.57. The third-order valence-electron chi connectivity index (χ3n) is 3.84. The minimum absolute atomic E-state index is 0.113. The van der Waals surface area contributed by atoms with E-state index in [-0.39, 0.29) is 35.0 Å². The van der Waals surface area contributed by atoms with Gasteiger partial charge >= 0.3 is 0 Å². The summed E-state index contributed by atoms with van der Waals surface area (Å²) in [6, 6.07) is 9.88. The van der Waals surface area contributed by atoms with Crippen molar-refractivity contribution in [2.24, 2.45) is 0 Å². The van der Waals surface area contributed by atoms with Crippen LogP contribution in [0.1, 0.15) is 23.0 Å². The molecule has 0 saturated heterocycles. The van der Waals surface area contributed by atoms with Crippen LogP contribution in [0.4, 0.5) is 4.39 Å². The number of hydrogen-bond donors (Lipinski definition) is 1. The molecule has 0 atom stereocenters. The van der Waals surface area contributed by atoms with Gasteiger partial charge in [0.1, 0.15) is 10.3 Å². The molecule has 5 nitrogen and oxygen atoms in total. The maximum absolute atomic E-state index is 14.0. The summed E-state index contributed by atoms with van der Waals surface area (Å²) in [5, 5.41) is 7.64. The van der Waals surface area contributed by atoms with Gasteiger partial charge in [0.05, 0.1) is 11.9 Å². The van der Waals surface area contributed by atoms with Gasteiger partial charge in [0.15, 0.2) is 11.3 Å². The zero-order valence-electron chi connectivity index (χ0n) is 13.8. The average Bonchev–Trinajstić information content (AvgIpc) is 3.00. The molecule has 0 aliphatic rings. The van der Waals surface area contributed by atoms with Crippen LogP contribution < -0.4 is 5.32 Å². The molecule has 0 aliphatic heterocycles. The third kappa shape index (κ3) is 3.86. The van der Waals surface area contributed by atoms with E-state index in [1.54, 1.807) is 43.5 Å². The van der Waals surface area contributed by atoms with Crippen LogP contribution in [0.25, 0.3) is 11.0 Å². The van der Waals surface area contributed by atoms with Gasteiger partial charge in [-0.15, -0.1) is 0 Å². The highest BCUT2D eigenvalue weighted by Crippen LogP contribution is 2.19. The van der Waals surface area contributed by atoms with Crippen molar-refractivity contribution in [1.82, 2.24) is 20.1 Å². The lowest BCUT2D eigenvalue weighted by Crippen LogP contribution is -2.26. The van der Waals surface area contributed by atoms with Crippen molar-refractivity contribution in [2.45, 2.75) is 13.5 Å². The number of nitrogens with zero attached hydrogens (tertiary/aromatic N) is 3. The number of pyridine rings is 1. The van der Waals surface area contributed by atoms with E-state index in [4.69, 9.17) is 23.2 Å². The van der Waals surface area contributed by atoms with E-state index in [0.717, 1.165) is 0 Å². The molecule has 0 unspecified atom stereocenters. The SMILES string of the molecule is CC(CNC(=O)c1nn(Cc2ccccc2F)c2ncccc12)=C(Cl)Cl. The lowest BCUT2D eigenvalue weighted by atomic mass is 10.2. The number of benzene rings is 1. The fourth-order valence-electron chi connectivity index (χ4n) is 2.44. The zero-order valence-corrected chi connectivity index (χ0v) is 15.4. The molecule has 1 aromatic carbocycles. The summed E-state index contributed by atoms with van der Waals surface area (Å²) in [7, 11) is 0. The molecular weight excluding hydrogens is 378 g/mol. The van der Waals surface area contributed by atoms with Crippen molar-refractivity contribution >= 4 is 40.1 Å². The second kappa shape index (κ2) is 7.85. The number of nitrogens with one attached hydrogen (secondary N) is 1. The average molecular weight is 393 g/mol. The molecule has 0 saturated carbocycles. The molecule has 3 rings (SSSR count). The van der Waals surface area contributed by atoms with Gasteiger partial charge in [-0.05, 0) is 30.7 Å². The Labute approximate surface area is 159 Å². The van der Waals surface area contributed by atoms with Crippen molar-refractivity contribution in [3.8, 4) is 0 Å². The van der Waals surface area contributed by atoms with E-state index >= 15 is 0 Å². The molecule has 0 aliphatic carbocycles. The maximum atomic E-state index is 14.0. The summed E-state index contributed by atoms with van der Waals surface area (Å²) in [6.07, 6.45) is 1.60. The number of carbonyl (C=O) groups excluding carboxylic acids is 1. The molecule has 0 bridgehead atoms. The highest BCUT2D eigenvalue weighted by molar-refractivity contribution is 6.56. The second-order valence-corrected chi connectivity index (χ2v) is 6.65. The number of fused-ring (bicyclic) bond motifs is 1. The van der Waals surface area contributed by atoms with Gasteiger partial charge in [0, 0.05) is 18.3 Å². The normalized spacial score (nSPS) is 10.8. The van der Waals surface area contributed by atoms with Crippen LogP contribution in [0.3, 0.4) is 0 Å². The number of rotatable bonds is 5. The predicted octanol–water partition coefficient (Wildman–Crippen LogP) is 4.06. The largest absolute Gasteiger partial charge is 0.347 e. The summed E-state index contributed by atoms with van der Waals surface area (Å²) in [5.41, 5.74) is 1.81. The van der Waals surface area contributed by atoms with Gasteiger partial charge in [-0.2, -0.15) is 5.10 Å². The summed E-state index contributed by atoms with van der Waals surface area (Å²) in [6.45, 7) is 2.08. The number of carbonyl (C=O) groups is 1. The fourth-order valence-corrected chi connectivity index (χ4v) is 2.57. The van der Waals surface area contributed by atoms with Crippen LogP contribution in [0.5, 0.6) is 0 Å². The van der Waals surface area contributed by atoms with E-state index < -0.39 is 0 Å². The molecule has 1 amide bonds. The minimum Gasteiger partial charge on any atom is -0.347 e. The summed E-state index contributed by atoms with van der Waals surface area (Å²) >= 11 is 11.4. The molecule has 3 aromatic rings. The Bertz CT molecular complexity index is 996. The highest BCUT2D eigenvalue weighted by atomic mass is 35.5. The van der Waals surface area contributed by atoms with Gasteiger partial charge in [0.25, 0.3) is 5.91 Å². The van der Waals surface area contributed by atoms with Crippen molar-refractivity contribution in [3.63, 3.8) is 0 Å². The van der Waals surface area contributed by atoms with Crippen molar-refractivity contribution < 1.29 is 9.18 Å². The van der Waals surface area contributed by atoms with Crippen molar-refractivity contribution in [1.29, 1.82) is 0 Å². The Hall–Kier alpha value is -2.44. The Morgan fingerprint density at radius 2 is 2.00 bits per heavy atom. The molecular formula is C18H15Cl2FN4O. The minimum atomic E-state index is -0.385. The first-order chi connectivity index (χ1) is 12.5. The lowest BCUT2D eigenvalue weighted by molar-refractivity contribution is 0.0953. The number of hydrogen-bond acceptors (Lipinski definition) is 3. The van der Waals surface area contributed by atoms with Gasteiger partial charge in [-0.1, -0.05) is 41.4 Å². The molecule has 134 valence electrons. The number of aromatic nitrogens is 3. The van der Waals surface area contributed by atoms with Gasteiger partial charge < -0.3 is 5.32 Å². The van der Waals surface area contributed by atoms with Crippen LogP contribution >= 0.6 is 23.2 Å². The van der Waals surface area contributed by atoms with Crippen molar-refractivity contribution in [2.75, 3.05) is 6.54 Å². The van der Waals surface area contributed by atoms with Gasteiger partial charge in [-0.25, -0.2) is 14.1 Å². The molecule has 1 N–H and O–H groups in total. The number of amides is 1.